The predicted octanol–water partition coefficient (Wildman–Crippen LogP) is 1.82. The first kappa shape index (κ1) is 13.9. The van der Waals surface area contributed by atoms with Crippen LogP contribution in [0.3, 0.4) is 0 Å². The fourth-order valence-electron chi connectivity index (χ4n) is 2.38. The third-order valence-electron chi connectivity index (χ3n) is 3.58. The van der Waals surface area contributed by atoms with E-state index < -0.39 is 11.9 Å². The Labute approximate surface area is 113 Å². The van der Waals surface area contributed by atoms with E-state index in [-0.39, 0.29) is 11.6 Å². The molecule has 1 atom stereocenters. The first-order valence-electron chi connectivity index (χ1n) is 6.81. The molecule has 1 aromatic heterocycles. The minimum absolute atomic E-state index is 0.00773. The fraction of sp³-hybridized carbons (Fsp3) is 0.571. The maximum absolute atomic E-state index is 13.3. The van der Waals surface area contributed by atoms with Gasteiger partial charge < -0.3 is 5.32 Å². The van der Waals surface area contributed by atoms with Crippen LogP contribution in [-0.2, 0) is 0 Å². The van der Waals surface area contributed by atoms with Crippen LogP contribution >= 0.6 is 0 Å². The van der Waals surface area contributed by atoms with Crippen molar-refractivity contribution in [1.82, 2.24) is 15.2 Å². The summed E-state index contributed by atoms with van der Waals surface area (Å²) in [5.74, 6) is -1.11. The molecule has 0 aromatic carbocycles. The molecule has 1 saturated heterocycles. The van der Waals surface area contributed by atoms with Gasteiger partial charge in [0.25, 0.3) is 5.91 Å². The second-order valence-electron chi connectivity index (χ2n) is 5.00. The second kappa shape index (κ2) is 6.61. The number of pyridine rings is 1. The molecule has 5 heteroatoms. The number of nitrogens with one attached hydrogen (secondary N) is 1. The summed E-state index contributed by atoms with van der Waals surface area (Å²) in [4.78, 5) is 17.7. The molecular weight excluding hydrogens is 245 g/mol. The van der Waals surface area contributed by atoms with Gasteiger partial charge in [0.05, 0.1) is 5.56 Å². The van der Waals surface area contributed by atoms with Gasteiger partial charge in [-0.2, -0.15) is 4.39 Å². The molecule has 1 aromatic rings. The molecule has 0 radical (unpaired) electrons. The Morgan fingerprint density at radius 3 is 2.89 bits per heavy atom. The average Bonchev–Trinajstić information content (AvgIpc) is 2.46. The molecule has 1 amide bonds. The molecule has 1 fully saturated rings. The topological polar surface area (TPSA) is 45.2 Å². The van der Waals surface area contributed by atoms with Crippen molar-refractivity contribution in [2.45, 2.75) is 32.2 Å². The summed E-state index contributed by atoms with van der Waals surface area (Å²) in [6.07, 6.45) is 5.06. The van der Waals surface area contributed by atoms with Gasteiger partial charge in [0.15, 0.2) is 0 Å². The van der Waals surface area contributed by atoms with E-state index in [4.69, 9.17) is 0 Å². The summed E-state index contributed by atoms with van der Waals surface area (Å²) in [6.45, 7) is 4.79. The van der Waals surface area contributed by atoms with E-state index in [1.54, 1.807) is 6.07 Å². The molecule has 19 heavy (non-hydrogen) atoms. The number of aromatic nitrogens is 1. The van der Waals surface area contributed by atoms with Crippen LogP contribution in [0.25, 0.3) is 0 Å². The zero-order chi connectivity index (χ0) is 13.7. The quantitative estimate of drug-likeness (QED) is 0.845. The van der Waals surface area contributed by atoms with Crippen LogP contribution in [0, 0.1) is 5.95 Å². The van der Waals surface area contributed by atoms with Crippen LogP contribution in [0.5, 0.6) is 0 Å². The van der Waals surface area contributed by atoms with Crippen molar-refractivity contribution in [2.75, 3.05) is 19.6 Å². The van der Waals surface area contributed by atoms with E-state index in [9.17, 15) is 9.18 Å². The number of hydrogen-bond acceptors (Lipinski definition) is 3. The maximum Gasteiger partial charge on any atom is 0.255 e. The predicted molar refractivity (Wildman–Crippen MR) is 71.4 cm³/mol. The molecular formula is C14H20FN3O. The molecule has 0 bridgehead atoms. The summed E-state index contributed by atoms with van der Waals surface area (Å²) >= 11 is 0. The Kier molecular flexibility index (Phi) is 4.85. The van der Waals surface area contributed by atoms with Gasteiger partial charge in [0.2, 0.25) is 5.95 Å². The van der Waals surface area contributed by atoms with E-state index in [2.05, 4.69) is 22.1 Å². The van der Waals surface area contributed by atoms with Gasteiger partial charge in [-0.15, -0.1) is 0 Å². The van der Waals surface area contributed by atoms with Crippen molar-refractivity contribution in [2.24, 2.45) is 0 Å². The monoisotopic (exact) mass is 265 g/mol. The molecule has 2 heterocycles. The van der Waals surface area contributed by atoms with Crippen LogP contribution in [-0.4, -0.2) is 41.5 Å². The molecule has 4 nitrogen and oxygen atoms in total. The molecule has 1 aliphatic rings. The molecule has 2 rings (SSSR count). The molecule has 104 valence electrons. The second-order valence-corrected chi connectivity index (χ2v) is 5.00. The van der Waals surface area contributed by atoms with E-state index in [0.717, 1.165) is 13.1 Å². The van der Waals surface area contributed by atoms with Crippen LogP contribution in [0.1, 0.15) is 36.5 Å². The zero-order valence-electron chi connectivity index (χ0n) is 11.2. The van der Waals surface area contributed by atoms with Crippen molar-refractivity contribution in [3.05, 3.63) is 29.8 Å². The lowest BCUT2D eigenvalue weighted by Crippen LogP contribution is -2.44. The van der Waals surface area contributed by atoms with Gasteiger partial charge in [0, 0.05) is 18.8 Å². The minimum Gasteiger partial charge on any atom is -0.350 e. The number of carbonyl (C=O) groups excluding carboxylic acids is 1. The lowest BCUT2D eigenvalue weighted by Gasteiger charge is -2.32. The Bertz CT molecular complexity index is 432. The molecule has 1 aliphatic heterocycles. The Morgan fingerprint density at radius 2 is 2.21 bits per heavy atom. The lowest BCUT2D eigenvalue weighted by molar-refractivity contribution is 0.0925. The van der Waals surface area contributed by atoms with Crippen molar-refractivity contribution >= 4 is 5.91 Å². The Hall–Kier alpha value is -1.49. The number of carbonyl (C=O) groups is 1. The minimum atomic E-state index is -0.717. The molecule has 1 N–H and O–H groups in total. The van der Waals surface area contributed by atoms with Gasteiger partial charge in [0.1, 0.15) is 0 Å². The van der Waals surface area contributed by atoms with E-state index in [1.165, 1.54) is 31.5 Å². The number of likely N-dealkylation sites (tertiary alicyclic amines) is 1. The van der Waals surface area contributed by atoms with Crippen molar-refractivity contribution in [3.63, 3.8) is 0 Å². The smallest absolute Gasteiger partial charge is 0.255 e. The average molecular weight is 265 g/mol. The highest BCUT2D eigenvalue weighted by molar-refractivity contribution is 5.94. The van der Waals surface area contributed by atoms with Crippen LogP contribution in [0.4, 0.5) is 4.39 Å². The number of rotatable bonds is 4. The fourth-order valence-corrected chi connectivity index (χ4v) is 2.38. The van der Waals surface area contributed by atoms with Gasteiger partial charge >= 0.3 is 0 Å². The maximum atomic E-state index is 13.3. The largest absolute Gasteiger partial charge is 0.350 e. The van der Waals surface area contributed by atoms with Crippen LogP contribution in [0.15, 0.2) is 18.3 Å². The van der Waals surface area contributed by atoms with E-state index in [0.29, 0.717) is 6.54 Å². The van der Waals surface area contributed by atoms with Gasteiger partial charge in [-0.05, 0) is 45.0 Å². The summed E-state index contributed by atoms with van der Waals surface area (Å²) in [5.41, 5.74) is 0.00773. The highest BCUT2D eigenvalue weighted by Gasteiger charge is 2.18. The summed E-state index contributed by atoms with van der Waals surface area (Å²) in [7, 11) is 0. The van der Waals surface area contributed by atoms with Crippen LogP contribution in [0.2, 0.25) is 0 Å². The van der Waals surface area contributed by atoms with E-state index in [1.807, 2.05) is 0 Å². The number of halogens is 1. The first-order chi connectivity index (χ1) is 9.18. The normalized spacial score (nSPS) is 18.0. The summed E-state index contributed by atoms with van der Waals surface area (Å²) < 4.78 is 13.3. The van der Waals surface area contributed by atoms with Crippen molar-refractivity contribution < 1.29 is 9.18 Å². The standard InChI is InChI=1S/C14H20FN3O/c1-11(18-8-3-2-4-9-18)10-17-14(19)12-6-5-7-16-13(12)15/h5-7,11H,2-4,8-10H2,1H3,(H,17,19). The van der Waals surface area contributed by atoms with E-state index >= 15 is 0 Å². The van der Waals surface area contributed by atoms with Crippen molar-refractivity contribution in [3.8, 4) is 0 Å². The zero-order valence-corrected chi connectivity index (χ0v) is 11.2. The lowest BCUT2D eigenvalue weighted by atomic mass is 10.1. The van der Waals surface area contributed by atoms with Crippen molar-refractivity contribution in [1.29, 1.82) is 0 Å². The molecule has 0 saturated carbocycles. The first-order valence-corrected chi connectivity index (χ1v) is 6.81. The Balaban J connectivity index is 1.84. The third kappa shape index (κ3) is 3.73. The highest BCUT2D eigenvalue weighted by atomic mass is 19.1. The molecule has 0 aliphatic carbocycles. The number of nitrogens with zero attached hydrogens (tertiary/aromatic N) is 2. The number of amides is 1. The van der Waals surface area contributed by atoms with Gasteiger partial charge in [-0.3, -0.25) is 9.69 Å². The number of hydrogen-bond donors (Lipinski definition) is 1. The van der Waals surface area contributed by atoms with Gasteiger partial charge in [-0.25, -0.2) is 4.98 Å². The van der Waals surface area contributed by atoms with Gasteiger partial charge in [-0.1, -0.05) is 6.42 Å². The summed E-state index contributed by atoms with van der Waals surface area (Å²) in [6, 6.07) is 3.29. The third-order valence-corrected chi connectivity index (χ3v) is 3.58. The molecule has 1 unspecified atom stereocenters. The SMILES string of the molecule is CC(CNC(=O)c1cccnc1F)N1CCCCC1. The van der Waals surface area contributed by atoms with Crippen LogP contribution < -0.4 is 5.32 Å². The number of piperidine rings is 1. The summed E-state index contributed by atoms with van der Waals surface area (Å²) in [5, 5.41) is 2.78. The molecule has 0 spiro atoms. The Morgan fingerprint density at radius 1 is 1.47 bits per heavy atom. The highest BCUT2D eigenvalue weighted by Crippen LogP contribution is 2.11.